The highest BCUT2D eigenvalue weighted by atomic mass is 79.9. The summed E-state index contributed by atoms with van der Waals surface area (Å²) in [5, 5.41) is 0. The SMILES string of the molecule is CCCOc1cccc(C(=O)c2ccc(OC)c(Br)c2)c1. The molecule has 3 nitrogen and oxygen atoms in total. The summed E-state index contributed by atoms with van der Waals surface area (Å²) < 4.78 is 11.5. The van der Waals surface area contributed by atoms with E-state index in [4.69, 9.17) is 9.47 Å². The summed E-state index contributed by atoms with van der Waals surface area (Å²) in [6.45, 7) is 2.69. The van der Waals surface area contributed by atoms with Crippen LogP contribution in [-0.4, -0.2) is 19.5 Å². The molecule has 0 aliphatic heterocycles. The van der Waals surface area contributed by atoms with Crippen LogP contribution in [-0.2, 0) is 0 Å². The van der Waals surface area contributed by atoms with Gasteiger partial charge in [0.25, 0.3) is 0 Å². The summed E-state index contributed by atoms with van der Waals surface area (Å²) in [7, 11) is 1.59. The quantitative estimate of drug-likeness (QED) is 0.722. The van der Waals surface area contributed by atoms with Gasteiger partial charge in [0.15, 0.2) is 5.78 Å². The Labute approximate surface area is 133 Å². The summed E-state index contributed by atoms with van der Waals surface area (Å²) in [6.07, 6.45) is 0.934. The minimum Gasteiger partial charge on any atom is -0.496 e. The van der Waals surface area contributed by atoms with E-state index in [-0.39, 0.29) is 5.78 Å². The lowest BCUT2D eigenvalue weighted by Gasteiger charge is -2.08. The molecule has 0 saturated carbocycles. The first-order valence-corrected chi connectivity index (χ1v) is 7.56. The van der Waals surface area contributed by atoms with Crippen molar-refractivity contribution in [1.29, 1.82) is 0 Å². The summed E-state index contributed by atoms with van der Waals surface area (Å²) in [6, 6.07) is 12.5. The van der Waals surface area contributed by atoms with Crippen LogP contribution in [0.1, 0.15) is 29.3 Å². The minimum atomic E-state index is -0.0414. The van der Waals surface area contributed by atoms with Gasteiger partial charge >= 0.3 is 0 Å². The Morgan fingerprint density at radius 3 is 2.57 bits per heavy atom. The van der Waals surface area contributed by atoms with Gasteiger partial charge < -0.3 is 9.47 Å². The summed E-state index contributed by atoms with van der Waals surface area (Å²) in [5.74, 6) is 1.38. The van der Waals surface area contributed by atoms with Gasteiger partial charge in [-0.3, -0.25) is 4.79 Å². The summed E-state index contributed by atoms with van der Waals surface area (Å²) >= 11 is 3.39. The lowest BCUT2D eigenvalue weighted by molar-refractivity contribution is 0.103. The van der Waals surface area contributed by atoms with Gasteiger partial charge in [-0.1, -0.05) is 19.1 Å². The second-order valence-electron chi connectivity index (χ2n) is 4.55. The smallest absolute Gasteiger partial charge is 0.193 e. The highest BCUT2D eigenvalue weighted by Gasteiger charge is 2.12. The minimum absolute atomic E-state index is 0.0414. The predicted octanol–water partition coefficient (Wildman–Crippen LogP) is 4.48. The number of carbonyl (C=O) groups excluding carboxylic acids is 1. The average Bonchev–Trinajstić information content (AvgIpc) is 2.52. The monoisotopic (exact) mass is 348 g/mol. The Kier molecular flexibility index (Phi) is 5.39. The number of halogens is 1. The molecule has 0 aliphatic carbocycles. The first-order chi connectivity index (χ1) is 10.2. The predicted molar refractivity (Wildman–Crippen MR) is 86.4 cm³/mol. The second kappa shape index (κ2) is 7.27. The van der Waals surface area contributed by atoms with Crippen LogP contribution in [0, 0.1) is 0 Å². The maximum Gasteiger partial charge on any atom is 0.193 e. The Bertz CT molecular complexity index is 638. The molecule has 2 aromatic carbocycles. The number of ether oxygens (including phenoxy) is 2. The molecule has 0 unspecified atom stereocenters. The van der Waals surface area contributed by atoms with Crippen molar-refractivity contribution in [2.45, 2.75) is 13.3 Å². The van der Waals surface area contributed by atoms with Crippen molar-refractivity contribution >= 4 is 21.7 Å². The molecule has 0 fully saturated rings. The number of ketones is 1. The van der Waals surface area contributed by atoms with Crippen LogP contribution >= 0.6 is 15.9 Å². The van der Waals surface area contributed by atoms with Crippen molar-refractivity contribution in [3.8, 4) is 11.5 Å². The van der Waals surface area contributed by atoms with Gasteiger partial charge in [0.05, 0.1) is 18.2 Å². The highest BCUT2D eigenvalue weighted by Crippen LogP contribution is 2.27. The van der Waals surface area contributed by atoms with Gasteiger partial charge in [0.2, 0.25) is 0 Å². The van der Waals surface area contributed by atoms with E-state index in [1.807, 2.05) is 19.1 Å². The molecule has 0 spiro atoms. The van der Waals surface area contributed by atoms with Gasteiger partial charge in [0.1, 0.15) is 11.5 Å². The fraction of sp³-hybridized carbons (Fsp3) is 0.235. The maximum atomic E-state index is 12.5. The second-order valence-corrected chi connectivity index (χ2v) is 5.41. The number of rotatable bonds is 6. The van der Waals surface area contributed by atoms with Crippen LogP contribution in [0.15, 0.2) is 46.9 Å². The number of hydrogen-bond donors (Lipinski definition) is 0. The number of benzene rings is 2. The van der Waals surface area contributed by atoms with Crippen molar-refractivity contribution in [2.24, 2.45) is 0 Å². The van der Waals surface area contributed by atoms with E-state index in [1.54, 1.807) is 37.4 Å². The molecule has 0 bridgehead atoms. The highest BCUT2D eigenvalue weighted by molar-refractivity contribution is 9.10. The van der Waals surface area contributed by atoms with E-state index in [0.29, 0.717) is 23.5 Å². The Balaban J connectivity index is 2.25. The first kappa shape index (κ1) is 15.6. The molecule has 2 rings (SSSR count). The molecule has 0 heterocycles. The van der Waals surface area contributed by atoms with E-state index >= 15 is 0 Å². The number of carbonyl (C=O) groups is 1. The first-order valence-electron chi connectivity index (χ1n) is 6.76. The van der Waals surface area contributed by atoms with Crippen LogP contribution in [0.2, 0.25) is 0 Å². The van der Waals surface area contributed by atoms with Crippen molar-refractivity contribution < 1.29 is 14.3 Å². The van der Waals surface area contributed by atoms with Crippen LogP contribution in [0.25, 0.3) is 0 Å². The van der Waals surface area contributed by atoms with Crippen molar-refractivity contribution in [3.63, 3.8) is 0 Å². The van der Waals surface area contributed by atoms with Gasteiger partial charge in [-0.25, -0.2) is 0 Å². The fourth-order valence-electron chi connectivity index (χ4n) is 1.92. The molecule has 0 N–H and O–H groups in total. The lowest BCUT2D eigenvalue weighted by Crippen LogP contribution is -2.03. The number of methoxy groups -OCH3 is 1. The van der Waals surface area contributed by atoms with Crippen molar-refractivity contribution in [1.82, 2.24) is 0 Å². The van der Waals surface area contributed by atoms with E-state index < -0.39 is 0 Å². The zero-order valence-electron chi connectivity index (χ0n) is 12.1. The molecular weight excluding hydrogens is 332 g/mol. The topological polar surface area (TPSA) is 35.5 Å². The third kappa shape index (κ3) is 3.85. The van der Waals surface area contributed by atoms with Gasteiger partial charge in [-0.15, -0.1) is 0 Å². The average molecular weight is 349 g/mol. The summed E-state index contributed by atoms with van der Waals surface area (Å²) in [4.78, 5) is 12.5. The van der Waals surface area contributed by atoms with Crippen LogP contribution < -0.4 is 9.47 Å². The molecule has 0 atom stereocenters. The standard InChI is InChI=1S/C17H17BrO3/c1-3-9-21-14-6-4-5-12(10-14)17(19)13-7-8-16(20-2)15(18)11-13/h4-8,10-11H,3,9H2,1-2H3. The van der Waals surface area contributed by atoms with E-state index in [0.717, 1.165) is 16.6 Å². The lowest BCUT2D eigenvalue weighted by atomic mass is 10.0. The van der Waals surface area contributed by atoms with Crippen molar-refractivity contribution in [3.05, 3.63) is 58.1 Å². The molecule has 4 heteroatoms. The van der Waals surface area contributed by atoms with Gasteiger partial charge in [-0.2, -0.15) is 0 Å². The Morgan fingerprint density at radius 1 is 1.14 bits per heavy atom. The molecule has 21 heavy (non-hydrogen) atoms. The van der Waals surface area contributed by atoms with Gasteiger partial charge in [-0.05, 0) is 52.7 Å². The third-order valence-electron chi connectivity index (χ3n) is 2.98. The Hall–Kier alpha value is -1.81. The molecule has 0 amide bonds. The zero-order valence-corrected chi connectivity index (χ0v) is 13.6. The van der Waals surface area contributed by atoms with Gasteiger partial charge in [0, 0.05) is 11.1 Å². The molecule has 0 aromatic heterocycles. The fourth-order valence-corrected chi connectivity index (χ4v) is 2.46. The molecule has 2 aromatic rings. The largest absolute Gasteiger partial charge is 0.496 e. The van der Waals surface area contributed by atoms with Crippen LogP contribution in [0.5, 0.6) is 11.5 Å². The molecule has 0 saturated heterocycles. The molecule has 0 aliphatic rings. The van der Waals surface area contributed by atoms with Crippen molar-refractivity contribution in [2.75, 3.05) is 13.7 Å². The molecular formula is C17H17BrO3. The van der Waals surface area contributed by atoms with Crippen LogP contribution in [0.4, 0.5) is 0 Å². The molecule has 0 radical (unpaired) electrons. The third-order valence-corrected chi connectivity index (χ3v) is 3.60. The van der Waals surface area contributed by atoms with E-state index in [1.165, 1.54) is 0 Å². The van der Waals surface area contributed by atoms with E-state index in [9.17, 15) is 4.79 Å². The normalized spacial score (nSPS) is 10.2. The maximum absolute atomic E-state index is 12.5. The van der Waals surface area contributed by atoms with Crippen LogP contribution in [0.3, 0.4) is 0 Å². The van der Waals surface area contributed by atoms with E-state index in [2.05, 4.69) is 15.9 Å². The zero-order chi connectivity index (χ0) is 15.2. The molecule has 110 valence electrons. The Morgan fingerprint density at radius 2 is 1.90 bits per heavy atom. The number of hydrogen-bond acceptors (Lipinski definition) is 3. The summed E-state index contributed by atoms with van der Waals surface area (Å²) in [5.41, 5.74) is 1.22.